The average Bonchev–Trinajstić information content (AvgIpc) is 2.50. The summed E-state index contributed by atoms with van der Waals surface area (Å²) in [6, 6.07) is 8.95. The molecule has 2 unspecified atom stereocenters. The van der Waals surface area contributed by atoms with E-state index in [1.807, 2.05) is 18.2 Å². The first-order valence-corrected chi connectivity index (χ1v) is 7.60. The lowest BCUT2D eigenvalue weighted by Crippen LogP contribution is -2.53. The Kier molecular flexibility index (Phi) is 5.99. The summed E-state index contributed by atoms with van der Waals surface area (Å²) in [5.41, 5.74) is 4.19. The van der Waals surface area contributed by atoms with Gasteiger partial charge in [-0.1, -0.05) is 18.2 Å². The number of methoxy groups -OCH3 is 1. The quantitative estimate of drug-likeness (QED) is 0.597. The highest BCUT2D eigenvalue weighted by Crippen LogP contribution is 2.21. The number of para-hydroxylation sites is 1. The van der Waals surface area contributed by atoms with Crippen LogP contribution in [-0.2, 0) is 6.42 Å². The normalized spacial score (nSPS) is 22.2. The molecule has 1 aromatic rings. The molecule has 0 aromatic heterocycles. The van der Waals surface area contributed by atoms with Crippen LogP contribution in [0.15, 0.2) is 24.3 Å². The Morgan fingerprint density at radius 1 is 1.33 bits per heavy atom. The van der Waals surface area contributed by atoms with Gasteiger partial charge in [-0.05, 0) is 38.6 Å². The molecule has 0 aliphatic carbocycles. The van der Waals surface area contributed by atoms with Gasteiger partial charge < -0.3 is 14.5 Å². The molecule has 1 saturated heterocycles. The summed E-state index contributed by atoms with van der Waals surface area (Å²) in [7, 11) is 6.10. The van der Waals surface area contributed by atoms with Gasteiger partial charge in [0.05, 0.1) is 7.11 Å². The number of nitrogens with zero attached hydrogens (tertiary/aromatic N) is 2. The second kappa shape index (κ2) is 7.75. The zero-order valence-electron chi connectivity index (χ0n) is 13.4. The molecule has 5 nitrogen and oxygen atoms in total. The van der Waals surface area contributed by atoms with Crippen molar-refractivity contribution in [1.82, 2.24) is 15.2 Å². The highest BCUT2D eigenvalue weighted by atomic mass is 16.5. The molecule has 1 heterocycles. The summed E-state index contributed by atoms with van der Waals surface area (Å²) in [5, 5.41) is 0. The van der Waals surface area contributed by atoms with Crippen molar-refractivity contribution in [2.24, 2.45) is 5.84 Å². The van der Waals surface area contributed by atoms with Crippen LogP contribution < -0.4 is 16.0 Å². The lowest BCUT2D eigenvalue weighted by molar-refractivity contribution is 0.101. The zero-order chi connectivity index (χ0) is 15.2. The van der Waals surface area contributed by atoms with Gasteiger partial charge in [-0.15, -0.1) is 0 Å². The maximum absolute atomic E-state index is 5.79. The molecule has 3 N–H and O–H groups in total. The molecular formula is C16H28N4O. The number of likely N-dealkylation sites (N-methyl/N-ethyl adjacent to an activating group) is 2. The molecule has 118 valence electrons. The van der Waals surface area contributed by atoms with E-state index in [2.05, 4.69) is 35.4 Å². The van der Waals surface area contributed by atoms with Gasteiger partial charge >= 0.3 is 0 Å². The van der Waals surface area contributed by atoms with Gasteiger partial charge in [0, 0.05) is 31.7 Å². The summed E-state index contributed by atoms with van der Waals surface area (Å²) >= 11 is 0. The third-order valence-electron chi connectivity index (χ3n) is 4.43. The van der Waals surface area contributed by atoms with Gasteiger partial charge in [0.2, 0.25) is 0 Å². The number of hydrogen-bond acceptors (Lipinski definition) is 5. The molecule has 1 aliphatic rings. The van der Waals surface area contributed by atoms with E-state index in [1.165, 1.54) is 5.56 Å². The molecule has 0 radical (unpaired) electrons. The van der Waals surface area contributed by atoms with Crippen molar-refractivity contribution in [3.05, 3.63) is 29.8 Å². The van der Waals surface area contributed by atoms with Crippen molar-refractivity contribution >= 4 is 0 Å². The van der Waals surface area contributed by atoms with Gasteiger partial charge in [0.15, 0.2) is 0 Å². The number of piperazine rings is 1. The van der Waals surface area contributed by atoms with Crippen LogP contribution >= 0.6 is 0 Å². The van der Waals surface area contributed by atoms with Crippen LogP contribution in [-0.4, -0.2) is 62.7 Å². The smallest absolute Gasteiger partial charge is 0.122 e. The SMILES string of the molecule is COc1ccccc1CC(CC1CN(C)CCN1C)NN. The Morgan fingerprint density at radius 2 is 2.10 bits per heavy atom. The van der Waals surface area contributed by atoms with Crippen LogP contribution in [0.4, 0.5) is 0 Å². The highest BCUT2D eigenvalue weighted by Gasteiger charge is 2.25. The molecule has 0 saturated carbocycles. The van der Waals surface area contributed by atoms with E-state index in [-0.39, 0.29) is 6.04 Å². The predicted octanol–water partition coefficient (Wildman–Crippen LogP) is 0.706. The number of rotatable bonds is 6. The van der Waals surface area contributed by atoms with E-state index in [0.29, 0.717) is 6.04 Å². The summed E-state index contributed by atoms with van der Waals surface area (Å²) in [4.78, 5) is 4.83. The van der Waals surface area contributed by atoms with Crippen LogP contribution in [0.1, 0.15) is 12.0 Å². The molecular weight excluding hydrogens is 264 g/mol. The number of nitrogens with two attached hydrogens (primary N) is 1. The largest absolute Gasteiger partial charge is 0.496 e. The maximum atomic E-state index is 5.79. The minimum atomic E-state index is 0.250. The Hall–Kier alpha value is -1.14. The highest BCUT2D eigenvalue weighted by molar-refractivity contribution is 5.33. The molecule has 0 amide bonds. The van der Waals surface area contributed by atoms with Crippen LogP contribution in [0.3, 0.4) is 0 Å². The fraction of sp³-hybridized carbons (Fsp3) is 0.625. The molecule has 5 heteroatoms. The van der Waals surface area contributed by atoms with Crippen LogP contribution in [0.25, 0.3) is 0 Å². The molecule has 2 rings (SSSR count). The molecule has 1 aliphatic heterocycles. The van der Waals surface area contributed by atoms with Crippen LogP contribution in [0.2, 0.25) is 0 Å². The number of benzene rings is 1. The molecule has 1 fully saturated rings. The van der Waals surface area contributed by atoms with E-state index in [1.54, 1.807) is 7.11 Å². The van der Waals surface area contributed by atoms with Crippen molar-refractivity contribution in [2.75, 3.05) is 40.8 Å². The first-order valence-electron chi connectivity index (χ1n) is 7.60. The summed E-state index contributed by atoms with van der Waals surface area (Å²) in [6.07, 6.45) is 1.92. The number of ether oxygens (including phenoxy) is 1. The summed E-state index contributed by atoms with van der Waals surface area (Å²) < 4.78 is 5.43. The Morgan fingerprint density at radius 3 is 2.81 bits per heavy atom. The van der Waals surface area contributed by atoms with Gasteiger partial charge in [-0.2, -0.15) is 0 Å². The van der Waals surface area contributed by atoms with E-state index in [4.69, 9.17) is 10.6 Å². The van der Waals surface area contributed by atoms with E-state index in [0.717, 1.165) is 38.2 Å². The first-order chi connectivity index (χ1) is 10.1. The number of hydrogen-bond donors (Lipinski definition) is 2. The minimum absolute atomic E-state index is 0.250. The standard InChI is InChI=1S/C16H28N4O/c1-19-8-9-20(2)15(12-19)11-14(18-17)10-13-6-4-5-7-16(13)21-3/h4-7,14-15,18H,8-12,17H2,1-3H3. The molecule has 2 atom stereocenters. The third-order valence-corrected chi connectivity index (χ3v) is 4.43. The first kappa shape index (κ1) is 16.2. The zero-order valence-corrected chi connectivity index (χ0v) is 13.4. The fourth-order valence-corrected chi connectivity index (χ4v) is 3.03. The van der Waals surface area contributed by atoms with Crippen molar-refractivity contribution in [3.8, 4) is 5.75 Å². The average molecular weight is 292 g/mol. The maximum Gasteiger partial charge on any atom is 0.122 e. The van der Waals surface area contributed by atoms with Crippen LogP contribution in [0, 0.1) is 0 Å². The van der Waals surface area contributed by atoms with Crippen LogP contribution in [0.5, 0.6) is 5.75 Å². The van der Waals surface area contributed by atoms with Gasteiger partial charge in [-0.25, -0.2) is 0 Å². The lowest BCUT2D eigenvalue weighted by atomic mass is 9.97. The Balaban J connectivity index is 1.99. The molecule has 1 aromatic carbocycles. The predicted molar refractivity (Wildman–Crippen MR) is 86.3 cm³/mol. The van der Waals surface area contributed by atoms with Crippen molar-refractivity contribution in [1.29, 1.82) is 0 Å². The Bertz CT molecular complexity index is 440. The summed E-state index contributed by atoms with van der Waals surface area (Å²) in [6.45, 7) is 3.36. The van der Waals surface area contributed by atoms with E-state index in [9.17, 15) is 0 Å². The van der Waals surface area contributed by atoms with Crippen molar-refractivity contribution in [2.45, 2.75) is 24.9 Å². The molecule has 21 heavy (non-hydrogen) atoms. The minimum Gasteiger partial charge on any atom is -0.496 e. The number of nitrogens with one attached hydrogen (secondary N) is 1. The number of hydrazine groups is 1. The second-order valence-electron chi connectivity index (χ2n) is 6.01. The molecule has 0 spiro atoms. The van der Waals surface area contributed by atoms with E-state index < -0.39 is 0 Å². The monoisotopic (exact) mass is 292 g/mol. The van der Waals surface area contributed by atoms with Crippen molar-refractivity contribution < 1.29 is 4.74 Å². The van der Waals surface area contributed by atoms with Crippen molar-refractivity contribution in [3.63, 3.8) is 0 Å². The van der Waals surface area contributed by atoms with Gasteiger partial charge in [-0.3, -0.25) is 11.3 Å². The van der Waals surface area contributed by atoms with Gasteiger partial charge in [0.25, 0.3) is 0 Å². The summed E-state index contributed by atoms with van der Waals surface area (Å²) in [5.74, 6) is 6.72. The Labute approximate surface area is 128 Å². The fourth-order valence-electron chi connectivity index (χ4n) is 3.03. The van der Waals surface area contributed by atoms with Gasteiger partial charge in [0.1, 0.15) is 5.75 Å². The molecule has 0 bridgehead atoms. The topological polar surface area (TPSA) is 53.8 Å². The lowest BCUT2D eigenvalue weighted by Gasteiger charge is -2.39. The van der Waals surface area contributed by atoms with E-state index >= 15 is 0 Å². The second-order valence-corrected chi connectivity index (χ2v) is 6.01. The third kappa shape index (κ3) is 4.41.